The normalized spacial score (nSPS) is 12.8. The Bertz CT molecular complexity index is 392. The molecule has 1 aromatic rings. The number of likely N-dealkylation sites (N-methyl/N-ethyl adjacent to an activating group) is 1. The molecule has 0 spiro atoms. The first-order valence-electron chi connectivity index (χ1n) is 5.18. The third kappa shape index (κ3) is 3.56. The van der Waals surface area contributed by atoms with Gasteiger partial charge >= 0.3 is 5.97 Å². The predicted molar refractivity (Wildman–Crippen MR) is 67.4 cm³/mol. The van der Waals surface area contributed by atoms with Gasteiger partial charge in [-0.2, -0.15) is 0 Å². The molecule has 94 valence electrons. The topological polar surface area (TPSA) is 53.4 Å². The molecule has 0 aliphatic carbocycles. The van der Waals surface area contributed by atoms with E-state index in [2.05, 4.69) is 4.98 Å². The summed E-state index contributed by atoms with van der Waals surface area (Å²) in [6, 6.07) is -0.546. The average molecular weight is 277 g/mol. The maximum Gasteiger partial charge on any atom is 0.320 e. The number of halogens is 2. The van der Waals surface area contributed by atoms with Gasteiger partial charge in [0.25, 0.3) is 0 Å². The van der Waals surface area contributed by atoms with Crippen LogP contribution in [0, 0.1) is 0 Å². The molecular weight excluding hydrogens is 263 g/mol. The van der Waals surface area contributed by atoms with Crippen LogP contribution in [0.2, 0.25) is 10.0 Å². The number of carboxylic acids is 1. The van der Waals surface area contributed by atoms with Crippen LogP contribution in [0.1, 0.15) is 18.9 Å². The summed E-state index contributed by atoms with van der Waals surface area (Å²) in [6.45, 7) is 2.20. The van der Waals surface area contributed by atoms with Crippen LogP contribution in [0.25, 0.3) is 0 Å². The summed E-state index contributed by atoms with van der Waals surface area (Å²) in [5.41, 5.74) is 0.700. The lowest BCUT2D eigenvalue weighted by Gasteiger charge is -2.24. The van der Waals surface area contributed by atoms with Gasteiger partial charge in [0, 0.05) is 24.5 Å². The molecule has 0 aliphatic rings. The number of aliphatic carboxylic acids is 1. The molecule has 6 heteroatoms. The summed E-state index contributed by atoms with van der Waals surface area (Å²) in [6.07, 6.45) is 3.52. The average Bonchev–Trinajstić information content (AvgIpc) is 2.24. The van der Waals surface area contributed by atoms with Crippen LogP contribution in [0.15, 0.2) is 12.4 Å². The Balaban J connectivity index is 2.87. The Morgan fingerprint density at radius 1 is 1.47 bits per heavy atom. The van der Waals surface area contributed by atoms with Crippen LogP contribution < -0.4 is 0 Å². The molecule has 0 unspecified atom stereocenters. The Hall–Kier alpha value is -0.840. The number of rotatable bonds is 5. The monoisotopic (exact) mass is 276 g/mol. The molecule has 1 aromatic heterocycles. The van der Waals surface area contributed by atoms with Crippen molar-refractivity contribution in [2.24, 2.45) is 0 Å². The van der Waals surface area contributed by atoms with Gasteiger partial charge in [-0.15, -0.1) is 0 Å². The highest BCUT2D eigenvalue weighted by Gasteiger charge is 2.21. The van der Waals surface area contributed by atoms with E-state index in [1.54, 1.807) is 11.9 Å². The molecule has 1 atom stereocenters. The minimum atomic E-state index is -0.851. The highest BCUT2D eigenvalue weighted by atomic mass is 35.5. The Kier molecular flexibility index (Phi) is 5.18. The van der Waals surface area contributed by atoms with E-state index in [0.717, 1.165) is 0 Å². The van der Waals surface area contributed by atoms with Gasteiger partial charge in [-0.25, -0.2) is 0 Å². The van der Waals surface area contributed by atoms with Crippen molar-refractivity contribution < 1.29 is 9.90 Å². The van der Waals surface area contributed by atoms with E-state index < -0.39 is 12.0 Å². The number of pyridine rings is 1. The largest absolute Gasteiger partial charge is 0.480 e. The molecule has 0 radical (unpaired) electrons. The Morgan fingerprint density at radius 3 is 2.41 bits per heavy atom. The van der Waals surface area contributed by atoms with Crippen molar-refractivity contribution >= 4 is 29.2 Å². The number of aromatic nitrogens is 1. The minimum absolute atomic E-state index is 0.380. The van der Waals surface area contributed by atoms with E-state index in [1.807, 2.05) is 6.92 Å². The SMILES string of the molecule is CC[C@H](C(=O)O)N(C)Cc1c(Cl)cncc1Cl. The van der Waals surface area contributed by atoms with Crippen LogP contribution in [0.3, 0.4) is 0 Å². The molecule has 0 aromatic carbocycles. The molecule has 1 N–H and O–H groups in total. The summed E-state index contributed by atoms with van der Waals surface area (Å²) in [5.74, 6) is -0.851. The fraction of sp³-hybridized carbons (Fsp3) is 0.455. The highest BCUT2D eigenvalue weighted by Crippen LogP contribution is 2.24. The van der Waals surface area contributed by atoms with Crippen molar-refractivity contribution in [2.45, 2.75) is 25.9 Å². The van der Waals surface area contributed by atoms with Crippen molar-refractivity contribution in [3.8, 4) is 0 Å². The summed E-state index contributed by atoms with van der Waals surface area (Å²) in [5, 5.41) is 9.94. The second-order valence-corrected chi connectivity index (χ2v) is 4.57. The van der Waals surface area contributed by atoms with Gasteiger partial charge in [0.15, 0.2) is 0 Å². The minimum Gasteiger partial charge on any atom is -0.480 e. The third-order valence-corrected chi connectivity index (χ3v) is 3.22. The fourth-order valence-electron chi connectivity index (χ4n) is 1.62. The Labute approximate surface area is 110 Å². The van der Waals surface area contributed by atoms with Crippen LogP contribution in [0.5, 0.6) is 0 Å². The number of hydrogen-bond donors (Lipinski definition) is 1. The van der Waals surface area contributed by atoms with E-state index in [4.69, 9.17) is 28.3 Å². The first-order valence-corrected chi connectivity index (χ1v) is 5.93. The third-order valence-electron chi connectivity index (χ3n) is 2.56. The summed E-state index contributed by atoms with van der Waals surface area (Å²) in [7, 11) is 1.73. The smallest absolute Gasteiger partial charge is 0.320 e. The molecule has 1 heterocycles. The maximum atomic E-state index is 11.0. The zero-order valence-corrected chi connectivity index (χ0v) is 11.2. The van der Waals surface area contributed by atoms with E-state index >= 15 is 0 Å². The van der Waals surface area contributed by atoms with Crippen molar-refractivity contribution in [1.29, 1.82) is 0 Å². The number of hydrogen-bond acceptors (Lipinski definition) is 3. The van der Waals surface area contributed by atoms with Gasteiger partial charge in [0.1, 0.15) is 6.04 Å². The first kappa shape index (κ1) is 14.2. The quantitative estimate of drug-likeness (QED) is 0.899. The van der Waals surface area contributed by atoms with Crippen LogP contribution >= 0.6 is 23.2 Å². The van der Waals surface area contributed by atoms with Crippen LogP contribution in [-0.2, 0) is 11.3 Å². The molecule has 17 heavy (non-hydrogen) atoms. The summed E-state index contributed by atoms with van der Waals surface area (Å²) >= 11 is 12.0. The fourth-order valence-corrected chi connectivity index (χ4v) is 2.11. The molecule has 4 nitrogen and oxygen atoms in total. The Morgan fingerprint density at radius 2 is 2.00 bits per heavy atom. The van der Waals surface area contributed by atoms with E-state index in [0.29, 0.717) is 28.6 Å². The molecule has 0 bridgehead atoms. The van der Waals surface area contributed by atoms with E-state index in [9.17, 15) is 4.79 Å². The van der Waals surface area contributed by atoms with Crippen LogP contribution in [0.4, 0.5) is 0 Å². The van der Waals surface area contributed by atoms with Gasteiger partial charge in [0.2, 0.25) is 0 Å². The predicted octanol–water partition coefficient (Wildman–Crippen LogP) is 2.68. The standard InChI is InChI=1S/C11H14Cl2N2O2/c1-3-10(11(16)17)15(2)6-7-8(12)4-14-5-9(7)13/h4-5,10H,3,6H2,1-2H3,(H,16,17)/t10-/m1/s1. The zero-order valence-electron chi connectivity index (χ0n) is 9.65. The lowest BCUT2D eigenvalue weighted by atomic mass is 10.1. The van der Waals surface area contributed by atoms with Gasteiger partial charge in [-0.1, -0.05) is 30.1 Å². The number of carboxylic acid groups (broad SMARTS) is 1. The lowest BCUT2D eigenvalue weighted by Crippen LogP contribution is -2.37. The van der Waals surface area contributed by atoms with Crippen molar-refractivity contribution in [3.05, 3.63) is 28.0 Å². The van der Waals surface area contributed by atoms with Crippen LogP contribution in [-0.4, -0.2) is 34.0 Å². The first-order chi connectivity index (χ1) is 7.97. The van der Waals surface area contributed by atoms with E-state index in [-0.39, 0.29) is 0 Å². The second-order valence-electron chi connectivity index (χ2n) is 3.76. The highest BCUT2D eigenvalue weighted by molar-refractivity contribution is 6.35. The number of carbonyl (C=O) groups is 1. The van der Waals surface area contributed by atoms with Crippen molar-refractivity contribution in [3.63, 3.8) is 0 Å². The molecule has 1 rings (SSSR count). The summed E-state index contributed by atoms with van der Waals surface area (Å²) in [4.78, 5) is 16.6. The van der Waals surface area contributed by atoms with Gasteiger partial charge in [-0.3, -0.25) is 14.7 Å². The summed E-state index contributed by atoms with van der Waals surface area (Å²) < 4.78 is 0. The lowest BCUT2D eigenvalue weighted by molar-refractivity contribution is -0.143. The van der Waals surface area contributed by atoms with Gasteiger partial charge < -0.3 is 5.11 Å². The van der Waals surface area contributed by atoms with Crippen molar-refractivity contribution in [2.75, 3.05) is 7.05 Å². The number of nitrogens with zero attached hydrogens (tertiary/aromatic N) is 2. The molecular formula is C11H14Cl2N2O2. The van der Waals surface area contributed by atoms with Crippen molar-refractivity contribution in [1.82, 2.24) is 9.88 Å². The maximum absolute atomic E-state index is 11.0. The van der Waals surface area contributed by atoms with Gasteiger partial charge in [0.05, 0.1) is 10.0 Å². The molecule has 0 aliphatic heterocycles. The second kappa shape index (κ2) is 6.19. The van der Waals surface area contributed by atoms with Gasteiger partial charge in [-0.05, 0) is 13.5 Å². The molecule has 0 saturated carbocycles. The molecule has 0 amide bonds. The van der Waals surface area contributed by atoms with E-state index in [1.165, 1.54) is 12.4 Å². The molecule has 0 fully saturated rings. The molecule has 0 saturated heterocycles. The zero-order chi connectivity index (χ0) is 13.0.